The molecule has 21 heavy (non-hydrogen) atoms. The third kappa shape index (κ3) is 3.43. The molecule has 3 nitrogen and oxygen atoms in total. The summed E-state index contributed by atoms with van der Waals surface area (Å²) in [5.74, 6) is 8.69. The Balaban J connectivity index is 1.82. The van der Waals surface area contributed by atoms with Crippen LogP contribution < -0.4 is 11.3 Å². The third-order valence-electron chi connectivity index (χ3n) is 4.55. The van der Waals surface area contributed by atoms with Crippen LogP contribution in [0.15, 0.2) is 22.7 Å². The summed E-state index contributed by atoms with van der Waals surface area (Å²) in [7, 11) is 0. The topological polar surface area (TPSA) is 47.3 Å². The fourth-order valence-electron chi connectivity index (χ4n) is 3.45. The van der Waals surface area contributed by atoms with Crippen molar-refractivity contribution in [3.63, 3.8) is 0 Å². The van der Waals surface area contributed by atoms with E-state index in [0.29, 0.717) is 5.92 Å². The molecule has 0 radical (unpaired) electrons. The van der Waals surface area contributed by atoms with Crippen LogP contribution in [0, 0.1) is 5.92 Å². The Morgan fingerprint density at radius 2 is 2.38 bits per heavy atom. The van der Waals surface area contributed by atoms with E-state index in [1.165, 1.54) is 11.3 Å². The van der Waals surface area contributed by atoms with Crippen LogP contribution >= 0.6 is 39.3 Å². The van der Waals surface area contributed by atoms with Gasteiger partial charge in [-0.15, -0.1) is 0 Å². The van der Waals surface area contributed by atoms with Crippen LogP contribution in [0.1, 0.15) is 30.9 Å². The Kier molecular flexibility index (Phi) is 5.19. The summed E-state index contributed by atoms with van der Waals surface area (Å²) < 4.78 is 7.13. The molecule has 1 aromatic rings. The van der Waals surface area contributed by atoms with Crippen molar-refractivity contribution >= 4 is 39.3 Å². The number of ether oxygens (including phenoxy) is 1. The van der Waals surface area contributed by atoms with E-state index in [-0.39, 0.29) is 11.6 Å². The fraction of sp³-hybridized carbons (Fsp3) is 0.600. The van der Waals surface area contributed by atoms with Gasteiger partial charge in [0.2, 0.25) is 0 Å². The Morgan fingerprint density at radius 3 is 3.05 bits per heavy atom. The number of hydrogen-bond acceptors (Lipinski definition) is 4. The molecule has 2 aliphatic heterocycles. The summed E-state index contributed by atoms with van der Waals surface area (Å²) >= 11 is 11.7. The van der Waals surface area contributed by atoms with Gasteiger partial charge in [-0.3, -0.25) is 11.3 Å². The molecule has 0 bridgehead atoms. The van der Waals surface area contributed by atoms with Crippen molar-refractivity contribution in [1.82, 2.24) is 5.43 Å². The van der Waals surface area contributed by atoms with Crippen LogP contribution in [0.5, 0.6) is 0 Å². The summed E-state index contributed by atoms with van der Waals surface area (Å²) in [4.78, 5) is 0. The highest BCUT2D eigenvalue weighted by Gasteiger charge is 2.42. The lowest BCUT2D eigenvalue weighted by Gasteiger charge is -2.41. The monoisotopic (exact) mass is 390 g/mol. The molecule has 3 N–H and O–H groups in total. The van der Waals surface area contributed by atoms with Crippen molar-refractivity contribution in [2.45, 2.75) is 30.9 Å². The molecule has 2 heterocycles. The van der Waals surface area contributed by atoms with Crippen molar-refractivity contribution in [2.24, 2.45) is 11.8 Å². The van der Waals surface area contributed by atoms with Gasteiger partial charge < -0.3 is 4.74 Å². The van der Waals surface area contributed by atoms with Crippen molar-refractivity contribution in [2.75, 3.05) is 18.1 Å². The number of nitrogens with two attached hydrogens (primary N) is 1. The summed E-state index contributed by atoms with van der Waals surface area (Å²) in [5.41, 5.74) is 4.27. The van der Waals surface area contributed by atoms with Gasteiger partial charge in [0, 0.05) is 21.9 Å². The van der Waals surface area contributed by atoms with Crippen molar-refractivity contribution in [3.8, 4) is 0 Å². The molecule has 2 aliphatic rings. The fourth-order valence-corrected chi connectivity index (χ4v) is 5.75. The van der Waals surface area contributed by atoms with E-state index in [1.54, 1.807) is 0 Å². The Bertz CT molecular complexity index is 510. The number of benzene rings is 1. The number of thioether (sulfide) groups is 1. The summed E-state index contributed by atoms with van der Waals surface area (Å²) in [6, 6.07) is 6.04. The molecule has 0 aromatic heterocycles. The van der Waals surface area contributed by atoms with E-state index in [4.69, 9.17) is 22.2 Å². The van der Waals surface area contributed by atoms with E-state index in [2.05, 4.69) is 27.4 Å². The number of hydrogen-bond donors (Lipinski definition) is 2. The standard InChI is InChI=1S/C15H20BrClN2OS/c16-13-7-11(17)1-2-12(13)14(19-18)10-3-5-20-15(8-10)4-6-21-9-15/h1-2,7,10,14,19H,3-6,8-9,18H2. The lowest BCUT2D eigenvalue weighted by atomic mass is 9.79. The molecule has 2 saturated heterocycles. The van der Waals surface area contributed by atoms with E-state index in [1.807, 2.05) is 23.9 Å². The Hall–Kier alpha value is 0.220. The number of halogens is 2. The molecular weight excluding hydrogens is 372 g/mol. The van der Waals surface area contributed by atoms with Gasteiger partial charge in [0.05, 0.1) is 11.6 Å². The van der Waals surface area contributed by atoms with Gasteiger partial charge in [-0.1, -0.05) is 33.6 Å². The van der Waals surface area contributed by atoms with Gasteiger partial charge in [-0.2, -0.15) is 11.8 Å². The normalized spacial score (nSPS) is 30.7. The van der Waals surface area contributed by atoms with E-state index in [0.717, 1.165) is 41.1 Å². The highest BCUT2D eigenvalue weighted by atomic mass is 79.9. The SMILES string of the molecule is NNC(c1ccc(Cl)cc1Br)C1CCOC2(CCSC2)C1. The van der Waals surface area contributed by atoms with Crippen LogP contribution in [0.3, 0.4) is 0 Å². The van der Waals surface area contributed by atoms with Crippen molar-refractivity contribution < 1.29 is 4.74 Å². The Labute approximate surface area is 143 Å². The molecule has 1 aromatic carbocycles. The van der Waals surface area contributed by atoms with Gasteiger partial charge in [0.1, 0.15) is 0 Å². The molecular formula is C15H20BrClN2OS. The quantitative estimate of drug-likeness (QED) is 0.606. The average Bonchev–Trinajstić information content (AvgIpc) is 2.90. The summed E-state index contributed by atoms with van der Waals surface area (Å²) in [6.07, 6.45) is 3.27. The maximum absolute atomic E-state index is 6.11. The lowest BCUT2D eigenvalue weighted by Crippen LogP contribution is -2.45. The zero-order chi connectivity index (χ0) is 14.9. The smallest absolute Gasteiger partial charge is 0.0783 e. The first-order chi connectivity index (χ1) is 10.1. The molecule has 6 heteroatoms. The first-order valence-electron chi connectivity index (χ1n) is 7.26. The van der Waals surface area contributed by atoms with Gasteiger partial charge in [0.15, 0.2) is 0 Å². The van der Waals surface area contributed by atoms with Gasteiger partial charge in [-0.05, 0) is 48.6 Å². The minimum atomic E-state index is 0.0710. The first kappa shape index (κ1) is 16.1. The summed E-state index contributed by atoms with van der Waals surface area (Å²) in [5, 5.41) is 0.733. The van der Waals surface area contributed by atoms with Crippen LogP contribution in [0.2, 0.25) is 5.02 Å². The minimum absolute atomic E-state index is 0.0710. The maximum Gasteiger partial charge on any atom is 0.0783 e. The minimum Gasteiger partial charge on any atom is -0.374 e. The van der Waals surface area contributed by atoms with Gasteiger partial charge >= 0.3 is 0 Å². The lowest BCUT2D eigenvalue weighted by molar-refractivity contribution is -0.0854. The van der Waals surface area contributed by atoms with Crippen LogP contribution in [0.4, 0.5) is 0 Å². The Morgan fingerprint density at radius 1 is 1.52 bits per heavy atom. The molecule has 0 saturated carbocycles. The summed E-state index contributed by atoms with van der Waals surface area (Å²) in [6.45, 7) is 0.828. The van der Waals surface area contributed by atoms with Crippen LogP contribution in [-0.4, -0.2) is 23.7 Å². The third-order valence-corrected chi connectivity index (χ3v) is 6.69. The maximum atomic E-state index is 6.11. The highest BCUT2D eigenvalue weighted by molar-refractivity contribution is 9.10. The molecule has 1 spiro atoms. The zero-order valence-corrected chi connectivity index (χ0v) is 14.9. The van der Waals surface area contributed by atoms with Crippen LogP contribution in [-0.2, 0) is 4.74 Å². The molecule has 3 rings (SSSR count). The van der Waals surface area contributed by atoms with E-state index >= 15 is 0 Å². The zero-order valence-electron chi connectivity index (χ0n) is 11.8. The average molecular weight is 392 g/mol. The second kappa shape index (κ2) is 6.77. The predicted octanol–water partition coefficient (Wildman–Crippen LogP) is 3.91. The van der Waals surface area contributed by atoms with E-state index < -0.39 is 0 Å². The predicted molar refractivity (Wildman–Crippen MR) is 92.6 cm³/mol. The molecule has 2 fully saturated rings. The second-order valence-corrected chi connectivity index (χ2v) is 8.29. The van der Waals surface area contributed by atoms with E-state index in [9.17, 15) is 0 Å². The first-order valence-corrected chi connectivity index (χ1v) is 9.59. The molecule has 0 aliphatic carbocycles. The number of rotatable bonds is 3. The van der Waals surface area contributed by atoms with Gasteiger partial charge in [-0.25, -0.2) is 0 Å². The number of nitrogens with one attached hydrogen (secondary N) is 1. The molecule has 116 valence electrons. The second-order valence-electron chi connectivity index (χ2n) is 5.90. The van der Waals surface area contributed by atoms with Crippen molar-refractivity contribution in [3.05, 3.63) is 33.3 Å². The molecule has 3 unspecified atom stereocenters. The highest BCUT2D eigenvalue weighted by Crippen LogP contribution is 2.44. The molecule has 0 amide bonds. The van der Waals surface area contributed by atoms with Crippen molar-refractivity contribution in [1.29, 1.82) is 0 Å². The van der Waals surface area contributed by atoms with Crippen LogP contribution in [0.25, 0.3) is 0 Å². The number of hydrazine groups is 1. The molecule has 3 atom stereocenters. The van der Waals surface area contributed by atoms with Gasteiger partial charge in [0.25, 0.3) is 0 Å². The largest absolute Gasteiger partial charge is 0.374 e.